The van der Waals surface area contributed by atoms with Crippen LogP contribution in [-0.4, -0.2) is 31.4 Å². The van der Waals surface area contributed by atoms with Crippen LogP contribution in [0.5, 0.6) is 11.5 Å². The van der Waals surface area contributed by atoms with Gasteiger partial charge in [0.15, 0.2) is 11.5 Å². The van der Waals surface area contributed by atoms with Crippen LogP contribution in [0.4, 0.5) is 0 Å². The Hall–Kier alpha value is -1.31. The third kappa shape index (κ3) is 6.01. The Balaban J connectivity index is 3.32. The first-order chi connectivity index (χ1) is 10.8. The maximum absolute atomic E-state index is 11.6. The number of ether oxygens (including phenoxy) is 2. The molecular formula is C15H21ClO6S. The minimum absolute atomic E-state index is 0.0775. The third-order valence-electron chi connectivity index (χ3n) is 3.04. The standard InChI is InChI=1S/C15H21ClO6S/c1-3-5-7-21-13-10-11(23(18,19)20)9-12(15(16)17)14(13)22-8-6-4-2/h9-10H,3-8H2,1-2H3,(H,18,19,20). The minimum Gasteiger partial charge on any atom is -0.490 e. The van der Waals surface area contributed by atoms with Crippen molar-refractivity contribution >= 4 is 27.0 Å². The molecule has 130 valence electrons. The Bertz CT molecular complexity index is 642. The van der Waals surface area contributed by atoms with E-state index in [0.717, 1.165) is 37.8 Å². The zero-order valence-corrected chi connectivity index (χ0v) is 14.7. The third-order valence-corrected chi connectivity index (χ3v) is 4.07. The van der Waals surface area contributed by atoms with Crippen molar-refractivity contribution in [1.82, 2.24) is 0 Å². The average Bonchev–Trinajstić information content (AvgIpc) is 2.47. The lowest BCUT2D eigenvalue weighted by Crippen LogP contribution is -2.09. The minimum atomic E-state index is -4.50. The monoisotopic (exact) mass is 364 g/mol. The van der Waals surface area contributed by atoms with Gasteiger partial charge in [-0.3, -0.25) is 9.35 Å². The van der Waals surface area contributed by atoms with Crippen molar-refractivity contribution in [3.63, 3.8) is 0 Å². The van der Waals surface area contributed by atoms with Gasteiger partial charge in [-0.1, -0.05) is 26.7 Å². The highest BCUT2D eigenvalue weighted by molar-refractivity contribution is 7.85. The van der Waals surface area contributed by atoms with E-state index < -0.39 is 20.3 Å². The molecule has 1 aromatic rings. The quantitative estimate of drug-likeness (QED) is 0.387. The summed E-state index contributed by atoms with van der Waals surface area (Å²) in [6.07, 6.45) is 3.27. The van der Waals surface area contributed by atoms with Gasteiger partial charge in [0, 0.05) is 6.07 Å². The molecule has 8 heteroatoms. The second-order valence-corrected chi connectivity index (χ2v) is 6.72. The molecule has 1 N–H and O–H groups in total. The SMILES string of the molecule is CCCCOc1cc(S(=O)(=O)O)cc(C(=O)Cl)c1OCCCC. The molecule has 0 aromatic heterocycles. The van der Waals surface area contributed by atoms with Gasteiger partial charge in [0.25, 0.3) is 15.4 Å². The molecule has 0 heterocycles. The lowest BCUT2D eigenvalue weighted by atomic mass is 10.2. The van der Waals surface area contributed by atoms with Crippen molar-refractivity contribution in [3.05, 3.63) is 17.7 Å². The average molecular weight is 365 g/mol. The number of hydrogen-bond acceptors (Lipinski definition) is 5. The molecule has 0 unspecified atom stereocenters. The summed E-state index contributed by atoms with van der Waals surface area (Å²) in [6, 6.07) is 2.12. The van der Waals surface area contributed by atoms with E-state index in [2.05, 4.69) is 0 Å². The van der Waals surface area contributed by atoms with E-state index in [4.69, 9.17) is 21.1 Å². The van der Waals surface area contributed by atoms with Crippen LogP contribution < -0.4 is 9.47 Å². The summed E-state index contributed by atoms with van der Waals surface area (Å²) in [4.78, 5) is 11.2. The van der Waals surface area contributed by atoms with E-state index in [0.29, 0.717) is 13.2 Å². The molecular weight excluding hydrogens is 344 g/mol. The second kappa shape index (κ2) is 9.10. The van der Waals surface area contributed by atoms with Crippen molar-refractivity contribution in [2.75, 3.05) is 13.2 Å². The van der Waals surface area contributed by atoms with Crippen molar-refractivity contribution in [3.8, 4) is 11.5 Å². The lowest BCUT2D eigenvalue weighted by molar-refractivity contribution is 0.107. The molecule has 0 fully saturated rings. The number of rotatable bonds is 10. The van der Waals surface area contributed by atoms with E-state index >= 15 is 0 Å². The Morgan fingerprint density at radius 3 is 2.17 bits per heavy atom. The largest absolute Gasteiger partial charge is 0.490 e. The predicted octanol–water partition coefficient (Wildman–Crippen LogP) is 3.67. The van der Waals surface area contributed by atoms with Gasteiger partial charge in [0.2, 0.25) is 0 Å². The molecule has 1 rings (SSSR count). The van der Waals surface area contributed by atoms with Crippen molar-refractivity contribution < 1.29 is 27.2 Å². The van der Waals surface area contributed by atoms with E-state index in [1.807, 2.05) is 13.8 Å². The lowest BCUT2D eigenvalue weighted by Gasteiger charge is -2.16. The molecule has 0 spiro atoms. The van der Waals surface area contributed by atoms with Crippen LogP contribution in [0, 0.1) is 0 Å². The van der Waals surface area contributed by atoms with Gasteiger partial charge in [-0.05, 0) is 30.5 Å². The molecule has 1 aromatic carbocycles. The maximum Gasteiger partial charge on any atom is 0.294 e. The summed E-state index contributed by atoms with van der Waals surface area (Å²) in [5.41, 5.74) is -0.149. The van der Waals surface area contributed by atoms with Gasteiger partial charge >= 0.3 is 0 Å². The van der Waals surface area contributed by atoms with Gasteiger partial charge in [-0.2, -0.15) is 8.42 Å². The molecule has 6 nitrogen and oxygen atoms in total. The summed E-state index contributed by atoms with van der Waals surface area (Å²) in [6.45, 7) is 4.62. The Morgan fingerprint density at radius 1 is 1.13 bits per heavy atom. The molecule has 0 saturated heterocycles. The molecule has 0 bridgehead atoms. The molecule has 0 aliphatic heterocycles. The summed E-state index contributed by atoms with van der Waals surface area (Å²) in [5.74, 6) is 0.177. The fourth-order valence-corrected chi connectivity index (χ4v) is 2.44. The summed E-state index contributed by atoms with van der Waals surface area (Å²) >= 11 is 5.53. The summed E-state index contributed by atoms with van der Waals surface area (Å²) in [7, 11) is -4.50. The van der Waals surface area contributed by atoms with Crippen LogP contribution in [0.25, 0.3) is 0 Å². The van der Waals surface area contributed by atoms with Gasteiger partial charge < -0.3 is 9.47 Å². The molecule has 0 aliphatic rings. The number of unbranched alkanes of at least 4 members (excludes halogenated alkanes) is 2. The van der Waals surface area contributed by atoms with E-state index in [1.165, 1.54) is 0 Å². The fourth-order valence-electron chi connectivity index (χ4n) is 1.77. The smallest absolute Gasteiger partial charge is 0.294 e. The number of carbonyl (C=O) groups excluding carboxylic acids is 1. The first kappa shape index (κ1) is 19.7. The molecule has 0 aliphatic carbocycles. The molecule has 0 amide bonds. The Labute approximate surface area is 141 Å². The van der Waals surface area contributed by atoms with Gasteiger partial charge in [-0.25, -0.2) is 0 Å². The van der Waals surface area contributed by atoms with Crippen LogP contribution in [0.15, 0.2) is 17.0 Å². The van der Waals surface area contributed by atoms with E-state index in [9.17, 15) is 17.8 Å². The highest BCUT2D eigenvalue weighted by atomic mass is 35.5. The molecule has 0 radical (unpaired) electrons. The van der Waals surface area contributed by atoms with Gasteiger partial charge in [0.05, 0.1) is 23.7 Å². The molecule has 0 atom stereocenters. The van der Waals surface area contributed by atoms with Crippen LogP contribution in [0.3, 0.4) is 0 Å². The zero-order chi connectivity index (χ0) is 17.5. The number of benzene rings is 1. The predicted molar refractivity (Wildman–Crippen MR) is 87.2 cm³/mol. The van der Waals surface area contributed by atoms with Crippen molar-refractivity contribution in [2.24, 2.45) is 0 Å². The first-order valence-electron chi connectivity index (χ1n) is 7.42. The summed E-state index contributed by atoms with van der Waals surface area (Å²) < 4.78 is 43.0. The van der Waals surface area contributed by atoms with E-state index in [1.54, 1.807) is 0 Å². The Kier molecular flexibility index (Phi) is 7.81. The van der Waals surface area contributed by atoms with Gasteiger partial charge in [0.1, 0.15) is 0 Å². The van der Waals surface area contributed by atoms with Gasteiger partial charge in [-0.15, -0.1) is 0 Å². The summed E-state index contributed by atoms with van der Waals surface area (Å²) in [5, 5.41) is -0.887. The van der Waals surface area contributed by atoms with Crippen molar-refractivity contribution in [2.45, 2.75) is 44.4 Å². The number of carbonyl (C=O) groups is 1. The van der Waals surface area contributed by atoms with Crippen LogP contribution in [0.1, 0.15) is 49.9 Å². The highest BCUT2D eigenvalue weighted by Gasteiger charge is 2.22. The molecule has 0 saturated carbocycles. The second-order valence-electron chi connectivity index (χ2n) is 4.95. The van der Waals surface area contributed by atoms with Crippen LogP contribution >= 0.6 is 11.6 Å². The number of hydrogen-bond donors (Lipinski definition) is 1. The molecule has 23 heavy (non-hydrogen) atoms. The Morgan fingerprint density at radius 2 is 1.70 bits per heavy atom. The number of halogens is 1. The highest BCUT2D eigenvalue weighted by Crippen LogP contribution is 2.36. The fraction of sp³-hybridized carbons (Fsp3) is 0.533. The normalized spacial score (nSPS) is 11.3. The maximum atomic E-state index is 11.6. The zero-order valence-electron chi connectivity index (χ0n) is 13.2. The van der Waals surface area contributed by atoms with E-state index in [-0.39, 0.29) is 17.1 Å². The van der Waals surface area contributed by atoms with Crippen LogP contribution in [0.2, 0.25) is 0 Å². The van der Waals surface area contributed by atoms with Crippen molar-refractivity contribution in [1.29, 1.82) is 0 Å². The topological polar surface area (TPSA) is 89.9 Å². The first-order valence-corrected chi connectivity index (χ1v) is 9.24. The van der Waals surface area contributed by atoms with Crippen LogP contribution in [-0.2, 0) is 10.1 Å².